The molecule has 34 heavy (non-hydrogen) atoms. The molecule has 2 aromatic rings. The van der Waals surface area contributed by atoms with E-state index in [9.17, 15) is 14.4 Å². The third-order valence-corrected chi connectivity index (χ3v) is 6.48. The van der Waals surface area contributed by atoms with Gasteiger partial charge >= 0.3 is 6.03 Å². The number of nitrogens with zero attached hydrogens (tertiary/aromatic N) is 1. The largest absolute Gasteiger partial charge is 0.352 e. The Balaban J connectivity index is 1.64. The number of carbonyl (C=O) groups excluding carboxylic acids is 3. The van der Waals surface area contributed by atoms with Gasteiger partial charge < -0.3 is 20.9 Å². The number of piperidine rings is 1. The summed E-state index contributed by atoms with van der Waals surface area (Å²) in [6.45, 7) is 8.98. The number of hydrogen-bond acceptors (Lipinski definition) is 3. The number of hydrogen-bond donors (Lipinski definition) is 3. The van der Waals surface area contributed by atoms with Crippen LogP contribution in [0.4, 0.5) is 10.5 Å². The summed E-state index contributed by atoms with van der Waals surface area (Å²) in [5, 5.41) is 8.92. The molecule has 0 saturated carbocycles. The molecule has 1 saturated heterocycles. The fraction of sp³-hybridized carbons (Fsp3) is 0.444. The highest BCUT2D eigenvalue weighted by atomic mass is 16.2. The molecule has 4 amide bonds. The standard InChI is InChI=1S/C27H36N4O3/c1-5-20(4)28-26(33)24(30-25(32)22-10-6-18(2)7-11-22)21-14-16-31(17-15-21)27(34)29-23-12-8-19(3)9-13-23/h6-13,20-21,24H,5,14-17H2,1-4H3,(H,28,33)(H,29,34)(H,30,32)/t20-,24+/m0/s1. The lowest BCUT2D eigenvalue weighted by atomic mass is 9.88. The van der Waals surface area contributed by atoms with Gasteiger partial charge in [-0.15, -0.1) is 0 Å². The first-order valence-corrected chi connectivity index (χ1v) is 12.1. The maximum Gasteiger partial charge on any atom is 0.321 e. The van der Waals surface area contributed by atoms with Gasteiger partial charge in [-0.2, -0.15) is 0 Å². The molecule has 1 heterocycles. The molecule has 0 bridgehead atoms. The van der Waals surface area contributed by atoms with Crippen molar-refractivity contribution in [3.05, 3.63) is 65.2 Å². The van der Waals surface area contributed by atoms with Crippen LogP contribution in [0.1, 0.15) is 54.6 Å². The molecule has 1 aliphatic heterocycles. The van der Waals surface area contributed by atoms with Crippen LogP contribution in [-0.4, -0.2) is 47.9 Å². The van der Waals surface area contributed by atoms with Crippen molar-refractivity contribution in [1.29, 1.82) is 0 Å². The second-order valence-electron chi connectivity index (χ2n) is 9.26. The Morgan fingerprint density at radius 2 is 1.47 bits per heavy atom. The maximum absolute atomic E-state index is 13.1. The molecule has 2 aromatic carbocycles. The molecule has 1 aliphatic rings. The van der Waals surface area contributed by atoms with Gasteiger partial charge in [-0.3, -0.25) is 9.59 Å². The zero-order chi connectivity index (χ0) is 24.7. The topological polar surface area (TPSA) is 90.5 Å². The molecule has 7 heteroatoms. The van der Waals surface area contributed by atoms with Gasteiger partial charge in [0.2, 0.25) is 5.91 Å². The number of amides is 4. The first-order valence-electron chi connectivity index (χ1n) is 12.1. The van der Waals surface area contributed by atoms with Crippen LogP contribution in [0.3, 0.4) is 0 Å². The number of benzene rings is 2. The molecule has 0 spiro atoms. The van der Waals surface area contributed by atoms with Crippen molar-refractivity contribution in [2.24, 2.45) is 5.92 Å². The first kappa shape index (κ1) is 25.3. The Morgan fingerprint density at radius 1 is 0.912 bits per heavy atom. The van der Waals surface area contributed by atoms with E-state index in [4.69, 9.17) is 0 Å². The van der Waals surface area contributed by atoms with Gasteiger partial charge in [0.25, 0.3) is 5.91 Å². The smallest absolute Gasteiger partial charge is 0.321 e. The van der Waals surface area contributed by atoms with Crippen LogP contribution in [0.5, 0.6) is 0 Å². The summed E-state index contributed by atoms with van der Waals surface area (Å²) in [6, 6.07) is 14.2. The number of likely N-dealkylation sites (tertiary alicyclic amines) is 1. The van der Waals surface area contributed by atoms with Crippen LogP contribution in [0.25, 0.3) is 0 Å². The van der Waals surface area contributed by atoms with E-state index in [0.717, 1.165) is 23.2 Å². The van der Waals surface area contributed by atoms with Crippen molar-refractivity contribution in [3.8, 4) is 0 Å². The van der Waals surface area contributed by atoms with Gasteiger partial charge in [0.15, 0.2) is 0 Å². The summed E-state index contributed by atoms with van der Waals surface area (Å²) < 4.78 is 0. The number of urea groups is 1. The lowest BCUT2D eigenvalue weighted by Crippen LogP contribution is -2.55. The van der Waals surface area contributed by atoms with Crippen LogP contribution >= 0.6 is 0 Å². The normalized spacial score (nSPS) is 15.8. The first-order chi connectivity index (χ1) is 16.3. The zero-order valence-electron chi connectivity index (χ0n) is 20.6. The minimum Gasteiger partial charge on any atom is -0.352 e. The van der Waals surface area contributed by atoms with E-state index in [1.54, 1.807) is 17.0 Å². The quantitative estimate of drug-likeness (QED) is 0.572. The summed E-state index contributed by atoms with van der Waals surface area (Å²) >= 11 is 0. The van der Waals surface area contributed by atoms with Gasteiger partial charge in [0.05, 0.1) is 0 Å². The molecule has 7 nitrogen and oxygen atoms in total. The number of nitrogens with one attached hydrogen (secondary N) is 3. The predicted molar refractivity (Wildman–Crippen MR) is 135 cm³/mol. The Hall–Kier alpha value is -3.35. The molecule has 3 N–H and O–H groups in total. The molecular formula is C27H36N4O3. The highest BCUT2D eigenvalue weighted by Crippen LogP contribution is 2.23. The fourth-order valence-electron chi connectivity index (χ4n) is 4.04. The monoisotopic (exact) mass is 464 g/mol. The van der Waals surface area contributed by atoms with E-state index in [0.29, 0.717) is 31.5 Å². The molecular weight excluding hydrogens is 428 g/mol. The van der Waals surface area contributed by atoms with Crippen LogP contribution in [0, 0.1) is 19.8 Å². The van der Waals surface area contributed by atoms with Crippen LogP contribution in [-0.2, 0) is 4.79 Å². The fourth-order valence-corrected chi connectivity index (χ4v) is 4.04. The zero-order valence-corrected chi connectivity index (χ0v) is 20.6. The minimum atomic E-state index is -0.648. The summed E-state index contributed by atoms with van der Waals surface area (Å²) in [5.74, 6) is -0.483. The van der Waals surface area contributed by atoms with E-state index in [2.05, 4.69) is 16.0 Å². The molecule has 0 unspecified atom stereocenters. The molecule has 0 aromatic heterocycles. The highest BCUT2D eigenvalue weighted by Gasteiger charge is 2.34. The summed E-state index contributed by atoms with van der Waals surface area (Å²) in [5.41, 5.74) is 3.49. The van der Waals surface area contributed by atoms with Gasteiger partial charge in [-0.05, 0) is 70.2 Å². The molecule has 3 rings (SSSR count). The third kappa shape index (κ3) is 6.83. The number of rotatable bonds is 7. The van der Waals surface area contributed by atoms with E-state index < -0.39 is 6.04 Å². The lowest BCUT2D eigenvalue weighted by Gasteiger charge is -2.36. The number of anilines is 1. The highest BCUT2D eigenvalue weighted by molar-refractivity contribution is 5.97. The van der Waals surface area contributed by atoms with Gasteiger partial charge in [-0.1, -0.05) is 42.3 Å². The Labute approximate surface area is 202 Å². The second-order valence-corrected chi connectivity index (χ2v) is 9.26. The lowest BCUT2D eigenvalue weighted by molar-refractivity contribution is -0.125. The van der Waals surface area contributed by atoms with E-state index in [-0.39, 0.29) is 29.8 Å². The van der Waals surface area contributed by atoms with Crippen molar-refractivity contribution in [1.82, 2.24) is 15.5 Å². The molecule has 0 radical (unpaired) electrons. The molecule has 0 aliphatic carbocycles. The molecule has 182 valence electrons. The number of carbonyl (C=O) groups is 3. The number of aryl methyl sites for hydroxylation is 2. The van der Waals surface area contributed by atoms with E-state index >= 15 is 0 Å². The van der Waals surface area contributed by atoms with Crippen molar-refractivity contribution in [3.63, 3.8) is 0 Å². The summed E-state index contributed by atoms with van der Waals surface area (Å²) in [7, 11) is 0. The van der Waals surface area contributed by atoms with Crippen molar-refractivity contribution < 1.29 is 14.4 Å². The minimum absolute atomic E-state index is 0.0200. The maximum atomic E-state index is 13.1. The average molecular weight is 465 g/mol. The average Bonchev–Trinajstić information content (AvgIpc) is 2.84. The van der Waals surface area contributed by atoms with Crippen molar-refractivity contribution in [2.45, 2.75) is 59.0 Å². The van der Waals surface area contributed by atoms with Crippen molar-refractivity contribution in [2.75, 3.05) is 18.4 Å². The second kappa shape index (κ2) is 11.7. The Bertz CT molecular complexity index is 980. The van der Waals surface area contributed by atoms with Crippen molar-refractivity contribution >= 4 is 23.5 Å². The third-order valence-electron chi connectivity index (χ3n) is 6.48. The van der Waals surface area contributed by atoms with Gasteiger partial charge in [0, 0.05) is 30.4 Å². The van der Waals surface area contributed by atoms with E-state index in [1.165, 1.54) is 0 Å². The Morgan fingerprint density at radius 3 is 2.03 bits per heavy atom. The van der Waals surface area contributed by atoms with Crippen LogP contribution < -0.4 is 16.0 Å². The van der Waals surface area contributed by atoms with Gasteiger partial charge in [-0.25, -0.2) is 4.79 Å². The Kier molecular flexibility index (Phi) is 8.68. The summed E-state index contributed by atoms with van der Waals surface area (Å²) in [6.07, 6.45) is 2.07. The van der Waals surface area contributed by atoms with Crippen LogP contribution in [0.2, 0.25) is 0 Å². The van der Waals surface area contributed by atoms with E-state index in [1.807, 2.05) is 64.1 Å². The van der Waals surface area contributed by atoms with Crippen LogP contribution in [0.15, 0.2) is 48.5 Å². The molecule has 1 fully saturated rings. The summed E-state index contributed by atoms with van der Waals surface area (Å²) in [4.78, 5) is 40.5. The van der Waals surface area contributed by atoms with Gasteiger partial charge in [0.1, 0.15) is 6.04 Å². The predicted octanol–water partition coefficient (Wildman–Crippen LogP) is 4.26. The molecule has 2 atom stereocenters. The SMILES string of the molecule is CC[C@H](C)NC(=O)[C@H](NC(=O)c1ccc(C)cc1)C1CCN(C(=O)Nc2ccc(C)cc2)CC1.